The lowest BCUT2D eigenvalue weighted by atomic mass is 10.1. The second kappa shape index (κ2) is 8.67. The molecule has 1 aromatic heterocycles. The van der Waals surface area contributed by atoms with E-state index >= 15 is 0 Å². The van der Waals surface area contributed by atoms with Gasteiger partial charge in [0.25, 0.3) is 5.91 Å². The quantitative estimate of drug-likeness (QED) is 0.635. The summed E-state index contributed by atoms with van der Waals surface area (Å²) in [5.41, 5.74) is 7.74. The van der Waals surface area contributed by atoms with E-state index in [-0.39, 0.29) is 5.91 Å². The van der Waals surface area contributed by atoms with E-state index in [1.807, 2.05) is 19.0 Å². The summed E-state index contributed by atoms with van der Waals surface area (Å²) in [5, 5.41) is 7.57. The van der Waals surface area contributed by atoms with Crippen molar-refractivity contribution in [1.82, 2.24) is 9.78 Å². The normalized spacial score (nSPS) is 10.5. The molecule has 0 saturated heterocycles. The van der Waals surface area contributed by atoms with Gasteiger partial charge in [0.05, 0.1) is 24.0 Å². The molecule has 146 valence electrons. The van der Waals surface area contributed by atoms with Gasteiger partial charge in [-0.15, -0.1) is 0 Å². The highest BCUT2D eigenvalue weighted by Crippen LogP contribution is 2.25. The monoisotopic (exact) mass is 399 g/mol. The van der Waals surface area contributed by atoms with Crippen molar-refractivity contribution in [3.8, 4) is 5.75 Å². The number of benzene rings is 2. The van der Waals surface area contributed by atoms with Gasteiger partial charge in [-0.05, 0) is 48.5 Å². The predicted octanol–water partition coefficient (Wildman–Crippen LogP) is 3.52. The van der Waals surface area contributed by atoms with E-state index in [0.717, 1.165) is 5.69 Å². The van der Waals surface area contributed by atoms with Gasteiger partial charge in [-0.25, -0.2) is 4.68 Å². The molecule has 0 bridgehead atoms. The summed E-state index contributed by atoms with van der Waals surface area (Å²) in [4.78, 5) is 14.5. The van der Waals surface area contributed by atoms with Gasteiger partial charge < -0.3 is 20.7 Å². The molecular formula is C20H22ClN5O2. The Labute approximate surface area is 168 Å². The molecule has 3 N–H and O–H groups in total. The van der Waals surface area contributed by atoms with E-state index in [1.54, 1.807) is 59.4 Å². The number of rotatable bonds is 7. The standard InChI is InChI=1S/C20H22ClN5O2/c1-25(2)18-13-14(21)3-8-17(18)20(27)24-15-4-6-16(7-5-15)28-12-11-26-19(22)9-10-23-26/h3-10,13H,11-12,22H2,1-2H3,(H,24,27). The minimum Gasteiger partial charge on any atom is -0.492 e. The first-order valence-corrected chi connectivity index (χ1v) is 9.10. The van der Waals surface area contributed by atoms with Gasteiger partial charge in [0.2, 0.25) is 0 Å². The molecule has 3 aromatic rings. The number of carbonyl (C=O) groups is 1. The van der Waals surface area contributed by atoms with Crippen LogP contribution in [0.5, 0.6) is 5.75 Å². The number of nitrogens with two attached hydrogens (primary N) is 1. The van der Waals surface area contributed by atoms with Gasteiger partial charge in [-0.3, -0.25) is 4.79 Å². The Bertz CT molecular complexity index is 953. The Hall–Kier alpha value is -3.19. The van der Waals surface area contributed by atoms with Gasteiger partial charge >= 0.3 is 0 Å². The lowest BCUT2D eigenvalue weighted by molar-refractivity contribution is 0.102. The maximum Gasteiger partial charge on any atom is 0.257 e. The van der Waals surface area contributed by atoms with Crippen molar-refractivity contribution in [3.63, 3.8) is 0 Å². The van der Waals surface area contributed by atoms with Gasteiger partial charge in [0, 0.05) is 24.8 Å². The fourth-order valence-electron chi connectivity index (χ4n) is 2.68. The van der Waals surface area contributed by atoms with Gasteiger partial charge in [0.15, 0.2) is 0 Å². The number of anilines is 3. The Balaban J connectivity index is 1.60. The molecule has 0 atom stereocenters. The smallest absolute Gasteiger partial charge is 0.257 e. The van der Waals surface area contributed by atoms with Gasteiger partial charge in [0.1, 0.15) is 18.2 Å². The van der Waals surface area contributed by atoms with Crippen LogP contribution in [0.1, 0.15) is 10.4 Å². The summed E-state index contributed by atoms with van der Waals surface area (Å²) in [5.74, 6) is 1.09. The average molecular weight is 400 g/mol. The van der Waals surface area contributed by atoms with E-state index in [4.69, 9.17) is 22.1 Å². The topological polar surface area (TPSA) is 85.4 Å². The SMILES string of the molecule is CN(C)c1cc(Cl)ccc1C(=O)Nc1ccc(OCCn2nccc2N)cc1. The molecule has 0 unspecified atom stereocenters. The van der Waals surface area contributed by atoms with Crippen LogP contribution in [0.3, 0.4) is 0 Å². The summed E-state index contributed by atoms with van der Waals surface area (Å²) < 4.78 is 7.36. The third kappa shape index (κ3) is 4.75. The van der Waals surface area contributed by atoms with Crippen LogP contribution in [0.25, 0.3) is 0 Å². The van der Waals surface area contributed by atoms with Crippen molar-refractivity contribution >= 4 is 34.7 Å². The number of nitrogens with one attached hydrogen (secondary N) is 1. The summed E-state index contributed by atoms with van der Waals surface area (Å²) in [6, 6.07) is 14.1. The zero-order valence-corrected chi connectivity index (χ0v) is 16.5. The Morgan fingerprint density at radius 2 is 1.96 bits per heavy atom. The molecule has 0 radical (unpaired) electrons. The minimum atomic E-state index is -0.205. The van der Waals surface area contributed by atoms with Crippen molar-refractivity contribution in [2.45, 2.75) is 6.54 Å². The number of aromatic nitrogens is 2. The van der Waals surface area contributed by atoms with Crippen LogP contribution in [-0.4, -0.2) is 36.4 Å². The second-order valence-corrected chi connectivity index (χ2v) is 6.80. The molecule has 1 amide bonds. The maximum absolute atomic E-state index is 12.6. The first-order chi connectivity index (χ1) is 13.4. The van der Waals surface area contributed by atoms with Crippen LogP contribution in [0.4, 0.5) is 17.2 Å². The molecule has 28 heavy (non-hydrogen) atoms. The van der Waals surface area contributed by atoms with Gasteiger partial charge in [-0.1, -0.05) is 11.6 Å². The Kier molecular flexibility index (Phi) is 6.06. The zero-order valence-electron chi connectivity index (χ0n) is 15.7. The maximum atomic E-state index is 12.6. The largest absolute Gasteiger partial charge is 0.492 e. The highest BCUT2D eigenvalue weighted by atomic mass is 35.5. The molecule has 7 nitrogen and oxygen atoms in total. The van der Waals surface area contributed by atoms with Crippen LogP contribution < -0.4 is 20.7 Å². The number of nitrogens with zero attached hydrogens (tertiary/aromatic N) is 3. The van der Waals surface area contributed by atoms with Crippen LogP contribution in [0.15, 0.2) is 54.7 Å². The Morgan fingerprint density at radius 1 is 1.21 bits per heavy atom. The number of carbonyl (C=O) groups excluding carboxylic acids is 1. The fourth-order valence-corrected chi connectivity index (χ4v) is 2.85. The van der Waals surface area contributed by atoms with Crippen molar-refractivity contribution in [3.05, 3.63) is 65.3 Å². The fraction of sp³-hybridized carbons (Fsp3) is 0.200. The van der Waals surface area contributed by atoms with E-state index in [0.29, 0.717) is 41.0 Å². The summed E-state index contributed by atoms with van der Waals surface area (Å²) >= 11 is 6.04. The van der Waals surface area contributed by atoms with Crippen LogP contribution >= 0.6 is 11.6 Å². The molecular weight excluding hydrogens is 378 g/mol. The number of amides is 1. The molecule has 2 aromatic carbocycles. The predicted molar refractivity (Wildman–Crippen MR) is 112 cm³/mol. The first kappa shape index (κ1) is 19.6. The van der Waals surface area contributed by atoms with E-state index in [9.17, 15) is 4.79 Å². The van der Waals surface area contributed by atoms with Crippen LogP contribution in [0.2, 0.25) is 5.02 Å². The van der Waals surface area contributed by atoms with Crippen molar-refractivity contribution < 1.29 is 9.53 Å². The molecule has 0 saturated carbocycles. The summed E-state index contributed by atoms with van der Waals surface area (Å²) in [7, 11) is 3.73. The number of hydrogen-bond acceptors (Lipinski definition) is 5. The first-order valence-electron chi connectivity index (χ1n) is 8.72. The Morgan fingerprint density at radius 3 is 2.61 bits per heavy atom. The molecule has 3 rings (SSSR count). The molecule has 0 aliphatic heterocycles. The van der Waals surface area contributed by atoms with Gasteiger partial charge in [-0.2, -0.15) is 5.10 Å². The number of ether oxygens (including phenoxy) is 1. The van der Waals surface area contributed by atoms with Crippen molar-refractivity contribution in [1.29, 1.82) is 0 Å². The molecule has 0 fully saturated rings. The van der Waals surface area contributed by atoms with Crippen molar-refractivity contribution in [2.24, 2.45) is 0 Å². The highest BCUT2D eigenvalue weighted by Gasteiger charge is 2.14. The van der Waals surface area contributed by atoms with Crippen molar-refractivity contribution in [2.75, 3.05) is 36.7 Å². The number of halogens is 1. The molecule has 0 spiro atoms. The third-order valence-corrected chi connectivity index (χ3v) is 4.35. The molecule has 0 aliphatic rings. The molecule has 1 heterocycles. The van der Waals surface area contributed by atoms with Crippen LogP contribution in [0, 0.1) is 0 Å². The summed E-state index contributed by atoms with van der Waals surface area (Å²) in [6.07, 6.45) is 1.65. The van der Waals surface area contributed by atoms with E-state index in [1.165, 1.54) is 0 Å². The molecule has 8 heteroatoms. The van der Waals surface area contributed by atoms with E-state index in [2.05, 4.69) is 10.4 Å². The minimum absolute atomic E-state index is 0.205. The number of hydrogen-bond donors (Lipinski definition) is 2. The average Bonchev–Trinajstić information content (AvgIpc) is 3.08. The highest BCUT2D eigenvalue weighted by molar-refractivity contribution is 6.31. The summed E-state index contributed by atoms with van der Waals surface area (Å²) in [6.45, 7) is 0.996. The zero-order chi connectivity index (χ0) is 20.1. The lowest BCUT2D eigenvalue weighted by Gasteiger charge is -2.17. The van der Waals surface area contributed by atoms with E-state index < -0.39 is 0 Å². The second-order valence-electron chi connectivity index (χ2n) is 6.36. The third-order valence-electron chi connectivity index (χ3n) is 4.12. The lowest BCUT2D eigenvalue weighted by Crippen LogP contribution is -2.18. The molecule has 0 aliphatic carbocycles. The van der Waals surface area contributed by atoms with Crippen LogP contribution in [-0.2, 0) is 6.54 Å². The number of nitrogen functional groups attached to an aromatic ring is 1.